The fourth-order valence-electron chi connectivity index (χ4n) is 2.46. The van der Waals surface area contributed by atoms with Gasteiger partial charge in [-0.1, -0.05) is 0 Å². The summed E-state index contributed by atoms with van der Waals surface area (Å²) >= 11 is 1.84. The third-order valence-electron chi connectivity index (χ3n) is 3.88. The van der Waals surface area contributed by atoms with Gasteiger partial charge >= 0.3 is 6.18 Å². The van der Waals surface area contributed by atoms with Crippen LogP contribution in [-0.2, 0) is 24.4 Å². The van der Waals surface area contributed by atoms with E-state index in [9.17, 15) is 17.7 Å². The van der Waals surface area contributed by atoms with Gasteiger partial charge in [-0.2, -0.15) is 13.2 Å². The van der Waals surface area contributed by atoms with Crippen LogP contribution < -0.4 is 5.73 Å². The molecule has 0 aliphatic rings. The first-order valence-corrected chi connectivity index (χ1v) is 10.0. The molecule has 0 bridgehead atoms. The maximum atomic E-state index is 13.0. The molecule has 2 N–H and O–H groups in total. The molecule has 7 nitrogen and oxygen atoms in total. The molecule has 0 aromatic carbocycles. The lowest BCUT2D eigenvalue weighted by Crippen LogP contribution is -2.10. The van der Waals surface area contributed by atoms with Gasteiger partial charge in [-0.05, 0) is 46.2 Å². The number of alkyl halides is 3. The lowest BCUT2D eigenvalue weighted by atomic mass is 10.2. The van der Waals surface area contributed by atoms with Crippen molar-refractivity contribution < 1.29 is 17.7 Å². The van der Waals surface area contributed by atoms with E-state index in [0.29, 0.717) is 20.9 Å². The molecule has 0 aliphatic heterocycles. The van der Waals surface area contributed by atoms with E-state index in [0.717, 1.165) is 18.3 Å². The summed E-state index contributed by atoms with van der Waals surface area (Å²) < 4.78 is 53.2. The maximum Gasteiger partial charge on any atom is 0.416 e. The van der Waals surface area contributed by atoms with Crippen LogP contribution >= 0.6 is 15.9 Å². The highest BCUT2D eigenvalue weighted by Gasteiger charge is 2.31. The van der Waals surface area contributed by atoms with Gasteiger partial charge in [-0.3, -0.25) is 4.98 Å². The number of anilines is 1. The molecule has 12 heteroatoms. The van der Waals surface area contributed by atoms with Crippen LogP contribution in [0, 0.1) is 0 Å². The van der Waals surface area contributed by atoms with Crippen molar-refractivity contribution in [3.05, 3.63) is 34.6 Å². The zero-order chi connectivity index (χ0) is 20.6. The molecule has 0 amide bonds. The Labute approximate surface area is 169 Å². The van der Waals surface area contributed by atoms with E-state index in [-0.39, 0.29) is 23.0 Å². The van der Waals surface area contributed by atoms with E-state index >= 15 is 0 Å². The largest absolute Gasteiger partial charge is 0.611 e. The van der Waals surface area contributed by atoms with Crippen molar-refractivity contribution in [1.82, 2.24) is 24.7 Å². The molecule has 3 aromatic rings. The minimum atomic E-state index is -4.51. The SMILES string of the molecule is CC[S+]([O-])c1cc(N)c(Br)nc1-c1nnc(-c2cc(C(F)(F)F)ccn2)n1C. The molecule has 1 unspecified atom stereocenters. The number of nitrogen functional groups attached to an aromatic ring is 1. The maximum absolute atomic E-state index is 13.0. The number of pyridine rings is 2. The Hall–Kier alpha value is -2.18. The first kappa shape index (κ1) is 20.6. The molecule has 0 aliphatic carbocycles. The monoisotopic (exact) mass is 474 g/mol. The molecule has 3 aromatic heterocycles. The standard InChI is InChI=1S/C16H14BrF3N6OS/c1-3-28(27)11-7-9(21)13(17)23-12(11)15-25-24-14(26(15)2)10-6-8(4-5-22-10)16(18,19)20/h4-7H,3,21H2,1-2H3. The second-order valence-corrected chi connectivity index (χ2v) is 8.14. The second-order valence-electron chi connectivity index (χ2n) is 5.68. The smallest absolute Gasteiger partial charge is 0.416 e. The van der Waals surface area contributed by atoms with E-state index in [1.54, 1.807) is 14.0 Å². The normalized spacial score (nSPS) is 13.0. The van der Waals surface area contributed by atoms with Crippen molar-refractivity contribution in [1.29, 1.82) is 0 Å². The second kappa shape index (κ2) is 7.68. The Morgan fingerprint density at radius 3 is 2.57 bits per heavy atom. The Morgan fingerprint density at radius 2 is 1.93 bits per heavy atom. The van der Waals surface area contributed by atoms with Crippen LogP contribution in [0.2, 0.25) is 0 Å². The number of hydrogen-bond acceptors (Lipinski definition) is 6. The molecule has 3 rings (SSSR count). The average molecular weight is 475 g/mol. The fraction of sp³-hybridized carbons (Fsp3) is 0.250. The van der Waals surface area contributed by atoms with E-state index in [1.807, 2.05) is 0 Å². The first-order chi connectivity index (χ1) is 13.1. The Kier molecular flexibility index (Phi) is 5.64. The molecule has 0 fully saturated rings. The summed E-state index contributed by atoms with van der Waals surface area (Å²) in [6, 6.07) is 3.30. The summed E-state index contributed by atoms with van der Waals surface area (Å²) in [4.78, 5) is 8.64. The van der Waals surface area contributed by atoms with Crippen molar-refractivity contribution in [2.75, 3.05) is 11.5 Å². The predicted octanol–water partition coefficient (Wildman–Crippen LogP) is 3.43. The zero-order valence-corrected chi connectivity index (χ0v) is 17.1. The molecule has 0 saturated carbocycles. The summed E-state index contributed by atoms with van der Waals surface area (Å²) in [6.45, 7) is 1.74. The number of rotatable bonds is 4. The number of halogens is 4. The highest BCUT2D eigenvalue weighted by atomic mass is 79.9. The lowest BCUT2D eigenvalue weighted by molar-refractivity contribution is -0.137. The zero-order valence-electron chi connectivity index (χ0n) is 14.7. The predicted molar refractivity (Wildman–Crippen MR) is 102 cm³/mol. The summed E-state index contributed by atoms with van der Waals surface area (Å²) in [6.07, 6.45) is -3.45. The Balaban J connectivity index is 2.14. The van der Waals surface area contributed by atoms with Gasteiger partial charge in [0.2, 0.25) is 0 Å². The Morgan fingerprint density at radius 1 is 1.25 bits per heavy atom. The topological polar surface area (TPSA) is 106 Å². The molecule has 28 heavy (non-hydrogen) atoms. The number of nitrogens with zero attached hydrogens (tertiary/aromatic N) is 5. The van der Waals surface area contributed by atoms with E-state index < -0.39 is 22.9 Å². The highest BCUT2D eigenvalue weighted by Crippen LogP contribution is 2.33. The van der Waals surface area contributed by atoms with Gasteiger partial charge in [-0.25, -0.2) is 4.98 Å². The van der Waals surface area contributed by atoms with Crippen molar-refractivity contribution in [2.24, 2.45) is 7.05 Å². The molecule has 0 saturated heterocycles. The van der Waals surface area contributed by atoms with Crippen molar-refractivity contribution in [3.8, 4) is 23.0 Å². The van der Waals surface area contributed by atoms with Crippen molar-refractivity contribution >= 4 is 32.8 Å². The third kappa shape index (κ3) is 3.84. The molecular weight excluding hydrogens is 461 g/mol. The van der Waals surface area contributed by atoms with E-state index in [2.05, 4.69) is 36.1 Å². The van der Waals surface area contributed by atoms with Gasteiger partial charge in [0.1, 0.15) is 16.0 Å². The van der Waals surface area contributed by atoms with Gasteiger partial charge in [0.25, 0.3) is 0 Å². The number of nitrogens with two attached hydrogens (primary N) is 1. The van der Waals surface area contributed by atoms with Gasteiger partial charge < -0.3 is 14.9 Å². The fourth-order valence-corrected chi connectivity index (χ4v) is 3.68. The number of hydrogen-bond donors (Lipinski definition) is 1. The summed E-state index contributed by atoms with van der Waals surface area (Å²) in [5.74, 6) is 0.672. The van der Waals surface area contributed by atoms with Gasteiger partial charge in [-0.15, -0.1) is 10.2 Å². The minimum absolute atomic E-state index is 0.00347. The molecule has 3 heterocycles. The quantitative estimate of drug-likeness (QED) is 0.458. The van der Waals surface area contributed by atoms with Gasteiger partial charge in [0, 0.05) is 19.3 Å². The van der Waals surface area contributed by atoms with Crippen LogP contribution in [0.15, 0.2) is 33.9 Å². The summed E-state index contributed by atoms with van der Waals surface area (Å²) in [7, 11) is 1.57. The van der Waals surface area contributed by atoms with Crippen LogP contribution in [0.3, 0.4) is 0 Å². The molecule has 0 spiro atoms. The van der Waals surface area contributed by atoms with Crippen LogP contribution in [0.25, 0.3) is 23.0 Å². The van der Waals surface area contributed by atoms with Crippen LogP contribution in [0.5, 0.6) is 0 Å². The van der Waals surface area contributed by atoms with Gasteiger partial charge in [0.15, 0.2) is 22.2 Å². The van der Waals surface area contributed by atoms with Crippen LogP contribution in [-0.4, -0.2) is 35.0 Å². The minimum Gasteiger partial charge on any atom is -0.611 e. The molecule has 1 atom stereocenters. The highest BCUT2D eigenvalue weighted by molar-refractivity contribution is 9.10. The van der Waals surface area contributed by atoms with E-state index in [4.69, 9.17) is 5.73 Å². The summed E-state index contributed by atoms with van der Waals surface area (Å²) in [5, 5.41) is 8.00. The van der Waals surface area contributed by atoms with Crippen molar-refractivity contribution in [2.45, 2.75) is 18.0 Å². The molecule has 0 radical (unpaired) electrons. The number of aromatic nitrogens is 5. The summed E-state index contributed by atoms with van der Waals surface area (Å²) in [5.41, 5.74) is 5.59. The van der Waals surface area contributed by atoms with Gasteiger partial charge in [0.05, 0.1) is 11.3 Å². The van der Waals surface area contributed by atoms with E-state index in [1.165, 1.54) is 10.6 Å². The first-order valence-electron chi connectivity index (χ1n) is 7.91. The van der Waals surface area contributed by atoms with Crippen molar-refractivity contribution in [3.63, 3.8) is 0 Å². The van der Waals surface area contributed by atoms with Crippen LogP contribution in [0.4, 0.5) is 18.9 Å². The molecular formula is C16H14BrF3N6OS. The average Bonchev–Trinajstić information content (AvgIpc) is 3.03. The third-order valence-corrected chi connectivity index (χ3v) is 5.84. The Bertz CT molecular complexity index is 1030. The molecule has 148 valence electrons. The lowest BCUT2D eigenvalue weighted by Gasteiger charge is -2.13. The van der Waals surface area contributed by atoms with Crippen LogP contribution in [0.1, 0.15) is 12.5 Å².